The maximum Gasteiger partial charge on any atom is 0.331 e. The van der Waals surface area contributed by atoms with Crippen molar-refractivity contribution < 1.29 is 14.3 Å². The molecular weight excluding hydrogens is 228 g/mol. The minimum absolute atomic E-state index is 0.105. The molecule has 0 fully saturated rings. The Labute approximate surface area is 107 Å². The van der Waals surface area contributed by atoms with Crippen molar-refractivity contribution in [2.75, 3.05) is 0 Å². The van der Waals surface area contributed by atoms with Crippen LogP contribution in [0.3, 0.4) is 0 Å². The highest BCUT2D eigenvalue weighted by molar-refractivity contribution is 5.95. The van der Waals surface area contributed by atoms with Crippen molar-refractivity contribution in [3.63, 3.8) is 0 Å². The Kier molecular flexibility index (Phi) is 6.19. The second kappa shape index (κ2) is 8.01. The average Bonchev–Trinajstić information content (AvgIpc) is 2.41. The van der Waals surface area contributed by atoms with E-state index in [2.05, 4.69) is 6.58 Å². The summed E-state index contributed by atoms with van der Waals surface area (Å²) in [4.78, 5) is 22.6. The van der Waals surface area contributed by atoms with Crippen molar-refractivity contribution in [2.24, 2.45) is 0 Å². The summed E-state index contributed by atoms with van der Waals surface area (Å²) in [5.74, 6) is -0.614. The van der Waals surface area contributed by atoms with Gasteiger partial charge in [0.05, 0.1) is 0 Å². The third-order valence-electron chi connectivity index (χ3n) is 2.22. The standard InChI is InChI=1S/C15H16O3/c1-2-3-9-14(16)10-11-15(17)18-12-13-7-5-4-6-8-13/h2,4-8,10-11H,1,3,9,12H2/b11-10-. The van der Waals surface area contributed by atoms with E-state index in [0.29, 0.717) is 12.8 Å². The van der Waals surface area contributed by atoms with Gasteiger partial charge in [-0.1, -0.05) is 36.4 Å². The summed E-state index contributed by atoms with van der Waals surface area (Å²) in [6.45, 7) is 3.74. The highest BCUT2D eigenvalue weighted by Crippen LogP contribution is 2.01. The molecular formula is C15H16O3. The van der Waals surface area contributed by atoms with Crippen LogP contribution in [0.1, 0.15) is 18.4 Å². The Morgan fingerprint density at radius 2 is 1.89 bits per heavy atom. The summed E-state index contributed by atoms with van der Waals surface area (Å²) in [7, 11) is 0. The first-order chi connectivity index (χ1) is 8.72. The zero-order chi connectivity index (χ0) is 13.2. The van der Waals surface area contributed by atoms with Crippen LogP contribution in [0, 0.1) is 0 Å². The Hall–Kier alpha value is -2.16. The van der Waals surface area contributed by atoms with Gasteiger partial charge >= 0.3 is 5.97 Å². The van der Waals surface area contributed by atoms with Gasteiger partial charge in [-0.3, -0.25) is 4.79 Å². The van der Waals surface area contributed by atoms with Gasteiger partial charge in [-0.15, -0.1) is 6.58 Å². The number of benzene rings is 1. The summed E-state index contributed by atoms with van der Waals surface area (Å²) in [6, 6.07) is 9.37. The lowest BCUT2D eigenvalue weighted by atomic mass is 10.2. The molecule has 0 spiro atoms. The van der Waals surface area contributed by atoms with Crippen LogP contribution in [-0.2, 0) is 20.9 Å². The number of ketones is 1. The van der Waals surface area contributed by atoms with Crippen LogP contribution in [-0.4, -0.2) is 11.8 Å². The molecule has 0 saturated carbocycles. The van der Waals surface area contributed by atoms with Crippen LogP contribution >= 0.6 is 0 Å². The molecule has 0 unspecified atom stereocenters. The fourth-order valence-electron chi connectivity index (χ4n) is 1.27. The number of carbonyl (C=O) groups is 2. The lowest BCUT2D eigenvalue weighted by Crippen LogP contribution is -2.02. The van der Waals surface area contributed by atoms with Crippen LogP contribution in [0.4, 0.5) is 0 Å². The van der Waals surface area contributed by atoms with E-state index in [1.165, 1.54) is 6.08 Å². The van der Waals surface area contributed by atoms with E-state index in [4.69, 9.17) is 4.74 Å². The van der Waals surface area contributed by atoms with Crippen molar-refractivity contribution in [3.8, 4) is 0 Å². The Balaban J connectivity index is 2.31. The molecule has 1 aromatic rings. The zero-order valence-corrected chi connectivity index (χ0v) is 10.2. The number of hydrogen-bond donors (Lipinski definition) is 0. The quantitative estimate of drug-likeness (QED) is 0.421. The van der Waals surface area contributed by atoms with E-state index in [1.807, 2.05) is 30.3 Å². The number of esters is 1. The highest BCUT2D eigenvalue weighted by Gasteiger charge is 2.00. The Morgan fingerprint density at radius 1 is 1.17 bits per heavy atom. The van der Waals surface area contributed by atoms with Crippen molar-refractivity contribution in [1.82, 2.24) is 0 Å². The number of allylic oxidation sites excluding steroid dienone is 2. The molecule has 94 valence electrons. The van der Waals surface area contributed by atoms with Gasteiger partial charge in [0.25, 0.3) is 0 Å². The molecule has 0 aliphatic rings. The third kappa shape index (κ3) is 5.80. The second-order valence-electron chi connectivity index (χ2n) is 3.72. The predicted octanol–water partition coefficient (Wildman–Crippen LogP) is 2.82. The lowest BCUT2D eigenvalue weighted by molar-refractivity contribution is -0.139. The van der Waals surface area contributed by atoms with Crippen LogP contribution in [0.25, 0.3) is 0 Å². The smallest absolute Gasteiger partial charge is 0.331 e. The van der Waals surface area contributed by atoms with Crippen LogP contribution in [0.2, 0.25) is 0 Å². The van der Waals surface area contributed by atoms with Crippen molar-refractivity contribution in [1.29, 1.82) is 0 Å². The van der Waals surface area contributed by atoms with E-state index >= 15 is 0 Å². The molecule has 0 heterocycles. The summed E-state index contributed by atoms with van der Waals surface area (Å²) in [5.41, 5.74) is 0.914. The third-order valence-corrected chi connectivity index (χ3v) is 2.22. The number of carbonyl (C=O) groups excluding carboxylic acids is 2. The highest BCUT2D eigenvalue weighted by atomic mass is 16.5. The molecule has 0 saturated heterocycles. The van der Waals surface area contributed by atoms with Gasteiger partial charge in [0.1, 0.15) is 6.61 Å². The van der Waals surface area contributed by atoms with Gasteiger partial charge in [0.2, 0.25) is 0 Å². The van der Waals surface area contributed by atoms with E-state index in [9.17, 15) is 9.59 Å². The van der Waals surface area contributed by atoms with Gasteiger partial charge in [-0.25, -0.2) is 4.79 Å². The van der Waals surface area contributed by atoms with E-state index < -0.39 is 5.97 Å². The van der Waals surface area contributed by atoms with Crippen molar-refractivity contribution >= 4 is 11.8 Å². The molecule has 0 amide bonds. The van der Waals surface area contributed by atoms with Gasteiger partial charge in [-0.05, 0) is 18.1 Å². The molecule has 0 aromatic heterocycles. The first-order valence-electron chi connectivity index (χ1n) is 5.75. The molecule has 0 atom stereocenters. The fourth-order valence-corrected chi connectivity index (χ4v) is 1.27. The molecule has 0 aliphatic carbocycles. The maximum absolute atomic E-state index is 11.3. The Bertz CT molecular complexity index is 432. The SMILES string of the molecule is C=CCCC(=O)/C=C\C(=O)OCc1ccccc1. The molecule has 0 bridgehead atoms. The van der Waals surface area contributed by atoms with E-state index in [0.717, 1.165) is 11.6 Å². The number of hydrogen-bond acceptors (Lipinski definition) is 3. The number of rotatable bonds is 7. The van der Waals surface area contributed by atoms with Crippen LogP contribution < -0.4 is 0 Å². The first kappa shape index (κ1) is 13.9. The van der Waals surface area contributed by atoms with Gasteiger partial charge < -0.3 is 4.74 Å². The minimum Gasteiger partial charge on any atom is -0.458 e. The minimum atomic E-state index is -0.509. The molecule has 0 aliphatic heterocycles. The first-order valence-corrected chi connectivity index (χ1v) is 5.75. The molecule has 3 nitrogen and oxygen atoms in total. The van der Waals surface area contributed by atoms with E-state index in [1.54, 1.807) is 6.08 Å². The number of ether oxygens (including phenoxy) is 1. The summed E-state index contributed by atoms with van der Waals surface area (Å²) in [5, 5.41) is 0. The van der Waals surface area contributed by atoms with Crippen LogP contribution in [0.5, 0.6) is 0 Å². The van der Waals surface area contributed by atoms with Crippen LogP contribution in [0.15, 0.2) is 55.1 Å². The zero-order valence-electron chi connectivity index (χ0n) is 10.2. The molecule has 3 heteroatoms. The topological polar surface area (TPSA) is 43.4 Å². The van der Waals surface area contributed by atoms with E-state index in [-0.39, 0.29) is 12.4 Å². The summed E-state index contributed by atoms with van der Waals surface area (Å²) >= 11 is 0. The second-order valence-corrected chi connectivity index (χ2v) is 3.72. The Morgan fingerprint density at radius 3 is 2.56 bits per heavy atom. The predicted molar refractivity (Wildman–Crippen MR) is 69.8 cm³/mol. The lowest BCUT2D eigenvalue weighted by Gasteiger charge is -2.01. The van der Waals surface area contributed by atoms with Crippen molar-refractivity contribution in [3.05, 3.63) is 60.7 Å². The molecule has 0 radical (unpaired) electrons. The maximum atomic E-state index is 11.3. The molecule has 0 N–H and O–H groups in total. The largest absolute Gasteiger partial charge is 0.458 e. The van der Waals surface area contributed by atoms with Gasteiger partial charge in [0, 0.05) is 12.5 Å². The van der Waals surface area contributed by atoms with Gasteiger partial charge in [-0.2, -0.15) is 0 Å². The van der Waals surface area contributed by atoms with Gasteiger partial charge in [0.15, 0.2) is 5.78 Å². The summed E-state index contributed by atoms with van der Waals surface area (Å²) < 4.78 is 4.98. The molecule has 1 rings (SSSR count). The molecule has 1 aromatic carbocycles. The fraction of sp³-hybridized carbons (Fsp3) is 0.200. The molecule has 18 heavy (non-hydrogen) atoms. The monoisotopic (exact) mass is 244 g/mol. The van der Waals surface area contributed by atoms with Crippen molar-refractivity contribution in [2.45, 2.75) is 19.4 Å². The normalized spacial score (nSPS) is 10.2. The summed E-state index contributed by atoms with van der Waals surface area (Å²) in [6.07, 6.45) is 5.05. The average molecular weight is 244 g/mol.